The fourth-order valence-electron chi connectivity index (χ4n) is 0.787. The molecule has 3 heteroatoms. The number of hydrogen-bond acceptors (Lipinski definition) is 2. The van der Waals surface area contributed by atoms with Crippen LogP contribution >= 0.6 is 0 Å². The highest BCUT2D eigenvalue weighted by atomic mass is 27.0. The first-order chi connectivity index (χ1) is 4.22. The van der Waals surface area contributed by atoms with E-state index in [4.69, 9.17) is 0 Å². The molecule has 1 aliphatic rings. The second-order valence-corrected chi connectivity index (χ2v) is 3.49. The molecule has 1 N–H and O–H groups in total. The molecule has 0 amide bonds. The van der Waals surface area contributed by atoms with Gasteiger partial charge in [-0.05, 0) is 11.5 Å². The summed E-state index contributed by atoms with van der Waals surface area (Å²) in [6, 6.07) is 0. The van der Waals surface area contributed by atoms with Gasteiger partial charge in [0.1, 0.15) is 0 Å². The van der Waals surface area contributed by atoms with Crippen molar-refractivity contribution in [1.29, 1.82) is 0 Å². The Balaban J connectivity index is 2.79. The maximum absolute atomic E-state index is 3.99. The van der Waals surface area contributed by atoms with E-state index in [1.807, 2.05) is 6.21 Å². The Labute approximate surface area is 63.4 Å². The number of nitrogens with zero attached hydrogens (tertiary/aromatic N) is 1. The molecule has 0 saturated carbocycles. The van der Waals surface area contributed by atoms with Crippen LogP contribution in [0.25, 0.3) is 0 Å². The number of rotatable bonds is 0. The molecule has 1 atom stereocenters. The van der Waals surface area contributed by atoms with Crippen molar-refractivity contribution in [1.82, 2.24) is 5.43 Å². The molecule has 1 heterocycles. The highest BCUT2D eigenvalue weighted by Gasteiger charge is 2.06. The van der Waals surface area contributed by atoms with Crippen LogP contribution in [-0.4, -0.2) is 22.5 Å². The van der Waals surface area contributed by atoms with Gasteiger partial charge in [-0.25, -0.2) is 0 Å². The molecule has 1 aliphatic heterocycles. The smallest absolute Gasteiger partial charge is 0.288 e. The van der Waals surface area contributed by atoms with E-state index in [2.05, 4.69) is 24.4 Å². The minimum Gasteiger partial charge on any atom is -0.301 e. The molecule has 0 saturated heterocycles. The quantitative estimate of drug-likeness (QED) is 0.471. The summed E-state index contributed by atoms with van der Waals surface area (Å²) < 4.78 is 1.32. The molecule has 0 aliphatic carbocycles. The Kier molecular flexibility index (Phi) is 1.94. The second kappa shape index (κ2) is 2.55. The van der Waals surface area contributed by atoms with Crippen LogP contribution in [0.3, 0.4) is 0 Å². The molecule has 0 bridgehead atoms. The fourth-order valence-corrected chi connectivity index (χ4v) is 1.37. The van der Waals surface area contributed by atoms with Gasteiger partial charge in [-0.2, -0.15) is 5.10 Å². The molecule has 9 heavy (non-hydrogen) atoms. The van der Waals surface area contributed by atoms with E-state index < -0.39 is 0 Å². The minimum atomic E-state index is 0.541. The molecule has 0 aromatic carbocycles. The van der Waals surface area contributed by atoms with Crippen LogP contribution in [0.4, 0.5) is 0 Å². The molecule has 0 aromatic heterocycles. The standard InChI is InChI=1S/C6H9N2.Al.2H/c1-5-3-7-8-4-6(5)2;;;/h3,5,8H,1-2H3;;;. The summed E-state index contributed by atoms with van der Waals surface area (Å²) >= 11 is 1.08. The molecule has 0 fully saturated rings. The highest BCUT2D eigenvalue weighted by Crippen LogP contribution is 2.11. The summed E-state index contributed by atoms with van der Waals surface area (Å²) in [6.07, 6.45) is 1.94. The largest absolute Gasteiger partial charge is 0.301 e. The average Bonchev–Trinajstić information content (AvgIpc) is 1.83. The van der Waals surface area contributed by atoms with Gasteiger partial charge in [0.05, 0.1) is 0 Å². The van der Waals surface area contributed by atoms with Crippen molar-refractivity contribution in [2.45, 2.75) is 13.8 Å². The van der Waals surface area contributed by atoms with Crippen molar-refractivity contribution in [3.63, 3.8) is 0 Å². The van der Waals surface area contributed by atoms with Gasteiger partial charge in [0.2, 0.25) is 0 Å². The lowest BCUT2D eigenvalue weighted by Crippen LogP contribution is -2.18. The maximum atomic E-state index is 3.99. The molecule has 48 valence electrons. The van der Waals surface area contributed by atoms with Gasteiger partial charge in [0.15, 0.2) is 0 Å². The third-order valence-electron chi connectivity index (χ3n) is 1.80. The lowest BCUT2D eigenvalue weighted by atomic mass is 10.1. The van der Waals surface area contributed by atoms with Crippen molar-refractivity contribution >= 4 is 22.5 Å². The zero-order valence-corrected chi connectivity index (χ0v) is 8.10. The Morgan fingerprint density at radius 3 is 2.89 bits per heavy atom. The van der Waals surface area contributed by atoms with Crippen molar-refractivity contribution in [3.8, 4) is 0 Å². The predicted octanol–water partition coefficient (Wildman–Crippen LogP) is 0.0761. The summed E-state index contributed by atoms with van der Waals surface area (Å²) in [7, 11) is 0. The third kappa shape index (κ3) is 1.35. The van der Waals surface area contributed by atoms with Gasteiger partial charge in [-0.1, -0.05) is 12.5 Å². The molecular weight excluding hydrogens is 127 g/mol. The molecule has 2 nitrogen and oxygen atoms in total. The van der Waals surface area contributed by atoms with Gasteiger partial charge >= 0.3 is 0 Å². The number of nitrogens with one attached hydrogen (secondary N) is 1. The Hall–Kier alpha value is -0.258. The van der Waals surface area contributed by atoms with E-state index in [0.717, 1.165) is 16.3 Å². The molecule has 0 radical (unpaired) electrons. The van der Waals surface area contributed by atoms with Crippen LogP contribution in [-0.2, 0) is 0 Å². The number of allylic oxidation sites excluding steroid dienone is 1. The third-order valence-corrected chi connectivity index (χ3v) is 2.82. The Morgan fingerprint density at radius 1 is 1.78 bits per heavy atom. The van der Waals surface area contributed by atoms with Crippen molar-refractivity contribution in [2.24, 2.45) is 11.0 Å². The lowest BCUT2D eigenvalue weighted by molar-refractivity contribution is 0.807. The van der Waals surface area contributed by atoms with Crippen LogP contribution < -0.4 is 5.43 Å². The van der Waals surface area contributed by atoms with Gasteiger partial charge in [0.25, 0.3) is 16.3 Å². The van der Waals surface area contributed by atoms with Crippen LogP contribution in [0.2, 0.25) is 0 Å². The average molecular weight is 138 g/mol. The highest BCUT2D eigenvalue weighted by molar-refractivity contribution is 6.21. The van der Waals surface area contributed by atoms with Crippen LogP contribution in [0.15, 0.2) is 15.2 Å². The number of hydrogen-bond donors (Lipinski definition) is 1. The first-order valence-corrected chi connectivity index (χ1v) is 4.18. The maximum Gasteiger partial charge on any atom is 0.288 e. The molecule has 0 spiro atoms. The second-order valence-electron chi connectivity index (χ2n) is 2.49. The first-order valence-electron chi connectivity index (χ1n) is 3.18. The van der Waals surface area contributed by atoms with Crippen LogP contribution in [0, 0.1) is 5.92 Å². The zero-order valence-electron chi connectivity index (χ0n) is 6.10. The summed E-state index contributed by atoms with van der Waals surface area (Å²) in [4.78, 5) is 0. The van der Waals surface area contributed by atoms with E-state index in [-0.39, 0.29) is 0 Å². The molecule has 1 unspecified atom stereocenters. The minimum absolute atomic E-state index is 0.541. The van der Waals surface area contributed by atoms with E-state index in [0.29, 0.717) is 5.92 Å². The van der Waals surface area contributed by atoms with E-state index in [9.17, 15) is 0 Å². The summed E-state index contributed by atoms with van der Waals surface area (Å²) in [5.41, 5.74) is 4.41. The molecule has 1 rings (SSSR count). The topological polar surface area (TPSA) is 24.4 Å². The van der Waals surface area contributed by atoms with Gasteiger partial charge in [-0.3, -0.25) is 0 Å². The van der Waals surface area contributed by atoms with Crippen LogP contribution in [0.5, 0.6) is 0 Å². The lowest BCUT2D eigenvalue weighted by Gasteiger charge is -2.16. The normalized spacial score (nSPS) is 26.2. The summed E-state index contributed by atoms with van der Waals surface area (Å²) in [5, 5.41) is 3.99. The van der Waals surface area contributed by atoms with E-state index >= 15 is 0 Å². The number of hydrazone groups is 1. The van der Waals surface area contributed by atoms with Crippen molar-refractivity contribution in [2.75, 3.05) is 0 Å². The summed E-state index contributed by atoms with van der Waals surface area (Å²) in [6.45, 7) is 4.32. The van der Waals surface area contributed by atoms with E-state index in [1.54, 1.807) is 0 Å². The predicted molar refractivity (Wildman–Crippen MR) is 42.0 cm³/mol. The molecular formula is C6H11AlN2. The Bertz CT molecular complexity index is 172. The fraction of sp³-hybridized carbons (Fsp3) is 0.500. The Morgan fingerprint density at radius 2 is 2.44 bits per heavy atom. The molecule has 0 aromatic rings. The van der Waals surface area contributed by atoms with Crippen molar-refractivity contribution < 1.29 is 0 Å². The van der Waals surface area contributed by atoms with Crippen LogP contribution in [0.1, 0.15) is 13.8 Å². The monoisotopic (exact) mass is 138 g/mol. The van der Waals surface area contributed by atoms with E-state index in [1.165, 1.54) is 10.1 Å². The van der Waals surface area contributed by atoms with Gasteiger partial charge in [-0.15, -0.1) is 0 Å². The first kappa shape index (κ1) is 6.86. The summed E-state index contributed by atoms with van der Waals surface area (Å²) in [5.74, 6) is 0.541. The van der Waals surface area contributed by atoms with Crippen molar-refractivity contribution in [3.05, 3.63) is 10.1 Å². The van der Waals surface area contributed by atoms with Gasteiger partial charge in [0, 0.05) is 12.1 Å². The zero-order chi connectivity index (χ0) is 6.85. The SMILES string of the molecule is CC1=[C]([AlH2])NN=CC1C. The van der Waals surface area contributed by atoms with Gasteiger partial charge < -0.3 is 5.43 Å².